The summed E-state index contributed by atoms with van der Waals surface area (Å²) in [7, 11) is 15.1. The molecule has 33 atom stereocenters. The quantitative estimate of drug-likeness (QED) is 0.0199. The summed E-state index contributed by atoms with van der Waals surface area (Å²) in [5.74, 6) is -7.04. The zero-order valence-electron chi connectivity index (χ0n) is 53.8. The molecule has 5 heterocycles. The minimum absolute atomic E-state index is 0.0640. The van der Waals surface area contributed by atoms with Crippen LogP contribution in [0.15, 0.2) is 0 Å². The van der Waals surface area contributed by atoms with Gasteiger partial charge in [0.2, 0.25) is 0 Å². The summed E-state index contributed by atoms with van der Waals surface area (Å²) in [6.07, 6.45) is -33.7. The molecule has 0 aromatic heterocycles. The average molecular weight is 1390 g/mol. The van der Waals surface area contributed by atoms with Crippen molar-refractivity contribution in [2.45, 2.75) is 172 Å². The monoisotopic (exact) mass is 1380 g/mol. The molecule has 0 saturated carbocycles. The van der Waals surface area contributed by atoms with Crippen molar-refractivity contribution in [3.63, 3.8) is 0 Å². The Labute approximate surface area is 553 Å². The van der Waals surface area contributed by atoms with E-state index < -0.39 is 299 Å². The number of hydrogen-bond acceptors (Lipinski definition) is 35. The van der Waals surface area contributed by atoms with E-state index in [0.717, 1.165) is 0 Å². The predicted molar refractivity (Wildman–Crippen MR) is 319 cm³/mol. The molecule has 95 heavy (non-hydrogen) atoms. The first-order chi connectivity index (χ1) is 45.5. The second kappa shape index (κ2) is 43.0. The van der Waals surface area contributed by atoms with Gasteiger partial charge in [-0.3, -0.25) is 0 Å². The first-order valence-electron chi connectivity index (χ1n) is 32.1. The first kappa shape index (κ1) is 84.4. The molecule has 37 heteroatoms. The Hall–Kier alpha value is -1.27. The van der Waals surface area contributed by atoms with Crippen LogP contribution in [-0.2, 0) is 71.1 Å². The molecule has 5 aliphatic rings. The van der Waals surface area contributed by atoms with Crippen LogP contribution in [0.1, 0.15) is 13.3 Å². The minimum atomic E-state index is -1.79. The maximum absolute atomic E-state index is 11.8. The van der Waals surface area contributed by atoms with Crippen LogP contribution in [0.4, 0.5) is 0 Å². The smallest absolute Gasteiger partial charge is 0.149 e. The lowest BCUT2D eigenvalue weighted by molar-refractivity contribution is -0.258. The van der Waals surface area contributed by atoms with E-state index >= 15 is 0 Å². The largest absolute Gasteiger partial charge is 0.394 e. The Morgan fingerprint density at radius 2 is 0.663 bits per heavy atom. The average Bonchev–Trinajstić information content (AvgIpc) is 0.858. The van der Waals surface area contributed by atoms with Crippen LogP contribution in [0.5, 0.6) is 0 Å². The van der Waals surface area contributed by atoms with Gasteiger partial charge in [-0.15, -0.1) is 0 Å². The van der Waals surface area contributed by atoms with Gasteiger partial charge in [-0.1, -0.05) is 6.92 Å². The topological polar surface area (TPSA) is 543 Å². The Kier molecular flexibility index (Phi) is 38.2. The summed E-state index contributed by atoms with van der Waals surface area (Å²) in [5.41, 5.74) is 0. The third kappa shape index (κ3) is 23.1. The molecule has 0 bridgehead atoms. The number of rotatable bonds is 44. The van der Waals surface area contributed by atoms with Crippen molar-refractivity contribution < 1.29 is 173 Å². The Morgan fingerprint density at radius 1 is 0.337 bits per heavy atom. The third-order valence-electron chi connectivity index (χ3n) is 18.6. The summed E-state index contributed by atoms with van der Waals surface area (Å²) >= 11 is 0. The van der Waals surface area contributed by atoms with Gasteiger partial charge in [-0.2, -0.15) is 0 Å². The van der Waals surface area contributed by atoms with Gasteiger partial charge in [0, 0.05) is 61.6 Å². The summed E-state index contributed by atoms with van der Waals surface area (Å²) in [5, 5.41) is 213. The van der Waals surface area contributed by atoms with Crippen molar-refractivity contribution in [2.75, 3.05) is 153 Å². The Balaban J connectivity index is 1.24. The lowest BCUT2D eigenvalue weighted by Crippen LogP contribution is -2.60. The lowest BCUT2D eigenvalue weighted by Gasteiger charge is -2.45. The van der Waals surface area contributed by atoms with E-state index in [0.29, 0.717) is 6.42 Å². The summed E-state index contributed by atoms with van der Waals surface area (Å²) < 4.78 is 86.0. The second-order valence-corrected chi connectivity index (χ2v) is 24.8. The van der Waals surface area contributed by atoms with E-state index in [1.165, 1.54) is 14.2 Å². The predicted octanol–water partition coefficient (Wildman–Crippen LogP) is -12.1. The molecule has 0 spiro atoms. The van der Waals surface area contributed by atoms with Crippen molar-refractivity contribution in [1.29, 1.82) is 0 Å². The molecule has 5 aliphatic heterocycles. The molecule has 0 amide bonds. The zero-order valence-corrected chi connectivity index (χ0v) is 53.8. The van der Waals surface area contributed by atoms with Crippen LogP contribution in [0.25, 0.3) is 0 Å². The molecule has 0 aliphatic carbocycles. The molecular weight excluding hydrogens is 1280 g/mol. The second-order valence-electron chi connectivity index (χ2n) is 24.8. The number of hydrogen-bond donors (Lipinski definition) is 20. The highest BCUT2D eigenvalue weighted by atomic mass is 16.7. The summed E-state index contributed by atoms with van der Waals surface area (Å²) in [4.78, 5) is 0. The highest BCUT2D eigenvalue weighted by molar-refractivity contribution is 6.11. The van der Waals surface area contributed by atoms with Crippen LogP contribution in [0, 0.1) is 41.4 Å². The van der Waals surface area contributed by atoms with Crippen LogP contribution < -0.4 is 0 Å². The maximum Gasteiger partial charge on any atom is 0.149 e. The standard InChI is InChI=1S/C58H106B2O35/c1-4-26-35(7-63)89-43(54(77)48(26)71)20-83-16-30-39(11-67)92-45(56(79)50(30)73)22-86-18-32-41(24-88-58(60)95-37(9-65)28(34(70)6-62)14-87-25-47(59)94-36(8-64)27(13-81-2)33(69)5-61)93-46(57(80)52(32)75)23-85-17-31-40(12-68)91-44(55(78)51(31)74)21-84-15-29-38(10-66)90-42(19-82-3)53(76)49(29)72/h26-58,61-80H,4-25H2,1-3H3/t26?,27?,28?,29?,30?,31?,32?,33-,34-,35?,36?,37?,38?,39?,40?,41?,42?,43?,44?,45?,46?,47+,48?,49?,50?,51?,52?,53?,54?,55?,56?,57?,58-/m0/s1. The fourth-order valence-corrected chi connectivity index (χ4v) is 12.8. The highest BCUT2D eigenvalue weighted by Gasteiger charge is 2.51. The normalized spacial score (nSPS) is 39.0. The SMILES string of the molecule is [B][C@@H](OCC1OC(COCC2C(CO)OC(COCC3C(CO)OC(COC)C(O)C3O)C(O)C2O)C(O)C(O)C1COCC1OC(CO)C(COCC2OC(CO)C(CC)C(O)C2O)C(O)C1O)OC(CO)C(COC[C@H]([B])OC(CO)C(COC)[C@@H](O)CO)[C@@H](O)CO. The molecule has 0 aromatic carbocycles. The first-order valence-corrected chi connectivity index (χ1v) is 32.1. The molecule has 0 aromatic rings. The van der Waals surface area contributed by atoms with E-state index in [2.05, 4.69) is 0 Å². The molecule has 554 valence electrons. The summed E-state index contributed by atoms with van der Waals surface area (Å²) in [6, 6.07) is -1.26. The van der Waals surface area contributed by atoms with Gasteiger partial charge in [0.05, 0.1) is 224 Å². The van der Waals surface area contributed by atoms with E-state index in [1.54, 1.807) is 6.92 Å². The molecule has 5 saturated heterocycles. The van der Waals surface area contributed by atoms with Crippen molar-refractivity contribution in [2.24, 2.45) is 41.4 Å². The number of methoxy groups -OCH3 is 2. The van der Waals surface area contributed by atoms with Crippen LogP contribution in [0.3, 0.4) is 0 Å². The van der Waals surface area contributed by atoms with Crippen molar-refractivity contribution >= 4 is 15.7 Å². The van der Waals surface area contributed by atoms with Crippen LogP contribution in [-0.4, -0.2) is 429 Å². The highest BCUT2D eigenvalue weighted by Crippen LogP contribution is 2.35. The van der Waals surface area contributed by atoms with Crippen molar-refractivity contribution in [1.82, 2.24) is 0 Å². The molecule has 35 nitrogen and oxygen atoms in total. The fraction of sp³-hybridized carbons (Fsp3) is 1.00. The Morgan fingerprint density at radius 3 is 1.00 bits per heavy atom. The number of ether oxygens (including phenoxy) is 15. The molecular formula is C58H106B2O35. The van der Waals surface area contributed by atoms with E-state index in [-0.39, 0.29) is 39.6 Å². The van der Waals surface area contributed by atoms with Crippen LogP contribution in [0.2, 0.25) is 0 Å². The van der Waals surface area contributed by atoms with Crippen molar-refractivity contribution in [3.05, 3.63) is 0 Å². The van der Waals surface area contributed by atoms with Gasteiger partial charge >= 0.3 is 0 Å². The third-order valence-corrected chi connectivity index (χ3v) is 18.6. The number of aliphatic hydroxyl groups is 20. The molecule has 5 rings (SSSR count). The molecule has 4 radical (unpaired) electrons. The molecule has 20 N–H and O–H groups in total. The van der Waals surface area contributed by atoms with Crippen molar-refractivity contribution in [3.8, 4) is 0 Å². The molecule has 29 unspecified atom stereocenters. The van der Waals surface area contributed by atoms with Gasteiger partial charge in [0.1, 0.15) is 82.9 Å². The number of aliphatic hydroxyl groups excluding tert-OH is 20. The molecule has 5 fully saturated rings. The van der Waals surface area contributed by atoms with E-state index in [4.69, 9.17) is 86.7 Å². The lowest BCUT2D eigenvalue weighted by atomic mass is 9.85. The van der Waals surface area contributed by atoms with E-state index in [9.17, 15) is 102 Å². The van der Waals surface area contributed by atoms with Crippen LogP contribution >= 0.6 is 0 Å². The van der Waals surface area contributed by atoms with E-state index in [1.807, 2.05) is 0 Å². The van der Waals surface area contributed by atoms with Gasteiger partial charge in [0.15, 0.2) is 0 Å². The van der Waals surface area contributed by atoms with Gasteiger partial charge in [0.25, 0.3) is 0 Å². The zero-order chi connectivity index (χ0) is 70.2. The Bertz CT molecular complexity index is 2020. The maximum atomic E-state index is 11.8. The van der Waals surface area contributed by atoms with Gasteiger partial charge in [-0.05, 0) is 6.42 Å². The summed E-state index contributed by atoms with van der Waals surface area (Å²) in [6.45, 7) is -8.53. The van der Waals surface area contributed by atoms with Gasteiger partial charge in [-0.25, -0.2) is 0 Å². The minimum Gasteiger partial charge on any atom is -0.394 e. The van der Waals surface area contributed by atoms with Gasteiger partial charge < -0.3 is 173 Å². The fourth-order valence-electron chi connectivity index (χ4n) is 12.8.